The van der Waals surface area contributed by atoms with Gasteiger partial charge in [0.15, 0.2) is 11.6 Å². The number of methoxy groups -OCH3 is 1. The summed E-state index contributed by atoms with van der Waals surface area (Å²) in [5.41, 5.74) is 5.87. The fraction of sp³-hybridized carbons (Fsp3) is 0.419. The van der Waals surface area contributed by atoms with Crippen LogP contribution >= 0.6 is 0 Å². The fourth-order valence-corrected chi connectivity index (χ4v) is 6.14. The highest BCUT2D eigenvalue weighted by molar-refractivity contribution is 5.70. The number of aliphatic hydroxyl groups excluding tert-OH is 1. The number of anilines is 1. The molecule has 0 unspecified atom stereocenters. The number of para-hydroxylation sites is 1. The Morgan fingerprint density at radius 1 is 1.05 bits per heavy atom. The van der Waals surface area contributed by atoms with Gasteiger partial charge in [0.25, 0.3) is 0 Å². The first-order valence-electron chi connectivity index (χ1n) is 14.6. The highest BCUT2D eigenvalue weighted by Crippen LogP contribution is 2.33. The minimum Gasteiger partial charge on any atom is -0.395 e. The molecule has 5 heterocycles. The molecule has 10 nitrogen and oxygen atoms in total. The number of nitrogens with zero attached hydrogens (tertiary/aromatic N) is 6. The van der Waals surface area contributed by atoms with E-state index in [1.165, 1.54) is 12.4 Å². The van der Waals surface area contributed by atoms with E-state index in [1.54, 1.807) is 11.7 Å². The maximum Gasteiger partial charge on any atom is 0.176 e. The van der Waals surface area contributed by atoms with Crippen molar-refractivity contribution in [2.75, 3.05) is 58.5 Å². The summed E-state index contributed by atoms with van der Waals surface area (Å²) in [4.78, 5) is 9.15. The molecule has 43 heavy (non-hydrogen) atoms. The first-order chi connectivity index (χ1) is 20.9. The molecule has 2 atom stereocenters. The summed E-state index contributed by atoms with van der Waals surface area (Å²) >= 11 is 0. The Hall–Kier alpha value is -3.68. The van der Waals surface area contributed by atoms with Crippen LogP contribution in [0.3, 0.4) is 0 Å². The third kappa shape index (κ3) is 6.20. The Balaban J connectivity index is 1.24. The number of pyridine rings is 1. The molecule has 0 amide bonds. The van der Waals surface area contributed by atoms with Crippen molar-refractivity contribution in [3.8, 4) is 16.9 Å². The molecular formula is C31H38F2N8O2. The molecule has 2 aliphatic heterocycles. The average molecular weight is 593 g/mol. The van der Waals surface area contributed by atoms with E-state index < -0.39 is 11.6 Å². The highest BCUT2D eigenvalue weighted by Gasteiger charge is 2.34. The van der Waals surface area contributed by atoms with Gasteiger partial charge in [0.05, 0.1) is 43.0 Å². The number of nitrogens with one attached hydrogen (secondary N) is 2. The molecule has 1 fully saturated rings. The molecule has 1 saturated heterocycles. The smallest absolute Gasteiger partial charge is 0.176 e. The van der Waals surface area contributed by atoms with Gasteiger partial charge in [-0.1, -0.05) is 18.2 Å². The Bertz CT molecular complexity index is 1520. The molecule has 1 aromatic carbocycles. The largest absolute Gasteiger partial charge is 0.395 e. The number of aliphatic hydroxyl groups is 1. The molecule has 0 spiro atoms. The van der Waals surface area contributed by atoms with Crippen molar-refractivity contribution in [1.29, 1.82) is 0 Å². The molecular weight excluding hydrogens is 554 g/mol. The van der Waals surface area contributed by atoms with Gasteiger partial charge < -0.3 is 19.7 Å². The van der Waals surface area contributed by atoms with Gasteiger partial charge in [0.2, 0.25) is 0 Å². The van der Waals surface area contributed by atoms with Crippen molar-refractivity contribution >= 4 is 5.82 Å². The maximum absolute atomic E-state index is 13.9. The highest BCUT2D eigenvalue weighted by atomic mass is 19.2. The van der Waals surface area contributed by atoms with Gasteiger partial charge in [-0.25, -0.2) is 13.5 Å². The van der Waals surface area contributed by atoms with Crippen molar-refractivity contribution in [3.05, 3.63) is 83.4 Å². The van der Waals surface area contributed by atoms with Gasteiger partial charge in [-0.05, 0) is 30.7 Å². The van der Waals surface area contributed by atoms with E-state index in [0.717, 1.165) is 59.2 Å². The number of aromatic nitrogens is 4. The van der Waals surface area contributed by atoms with Crippen LogP contribution < -0.4 is 10.6 Å². The summed E-state index contributed by atoms with van der Waals surface area (Å²) in [6, 6.07) is 11.9. The van der Waals surface area contributed by atoms with E-state index in [9.17, 15) is 13.9 Å². The van der Waals surface area contributed by atoms with Crippen molar-refractivity contribution < 1.29 is 18.6 Å². The average Bonchev–Trinajstić information content (AvgIpc) is 3.77. The van der Waals surface area contributed by atoms with Crippen LogP contribution in [0.4, 0.5) is 14.6 Å². The molecule has 0 bridgehead atoms. The second-order valence-corrected chi connectivity index (χ2v) is 11.2. The van der Waals surface area contributed by atoms with E-state index in [4.69, 9.17) is 14.8 Å². The monoisotopic (exact) mass is 592 g/mol. The lowest BCUT2D eigenvalue weighted by Gasteiger charge is -2.22. The second-order valence-electron chi connectivity index (χ2n) is 11.2. The summed E-state index contributed by atoms with van der Waals surface area (Å²) in [7, 11) is 1.67. The third-order valence-electron chi connectivity index (χ3n) is 8.37. The Morgan fingerprint density at radius 3 is 2.58 bits per heavy atom. The second kappa shape index (κ2) is 12.9. The van der Waals surface area contributed by atoms with Gasteiger partial charge in [-0.3, -0.25) is 20.1 Å². The molecule has 6 rings (SSSR count). The van der Waals surface area contributed by atoms with Crippen molar-refractivity contribution in [2.45, 2.75) is 32.1 Å². The zero-order valence-corrected chi connectivity index (χ0v) is 24.5. The molecule has 2 aliphatic rings. The zero-order chi connectivity index (χ0) is 29.9. The van der Waals surface area contributed by atoms with Crippen molar-refractivity contribution in [3.63, 3.8) is 0 Å². The summed E-state index contributed by atoms with van der Waals surface area (Å²) in [5, 5.41) is 21.5. The SMILES string of the molecule is COCCN1C[C@@H](n2cc(F)c(F)c2)[C@H](NCNc2c(C)c(-c3cnc4c(c3)CN(CCO)C4)nn2-c2ccccc2)C1. The molecule has 0 aliphatic carbocycles. The van der Waals surface area contributed by atoms with Crippen LogP contribution in [0.25, 0.3) is 16.9 Å². The van der Waals surface area contributed by atoms with E-state index in [-0.39, 0.29) is 18.7 Å². The van der Waals surface area contributed by atoms with Gasteiger partial charge in [0.1, 0.15) is 5.82 Å². The minimum atomic E-state index is -0.843. The molecule has 0 radical (unpaired) electrons. The lowest BCUT2D eigenvalue weighted by Crippen LogP contribution is -2.40. The maximum atomic E-state index is 13.9. The first kappa shape index (κ1) is 29.4. The summed E-state index contributed by atoms with van der Waals surface area (Å²) in [5.74, 6) is -0.839. The quantitative estimate of drug-likeness (QED) is 0.216. The third-order valence-corrected chi connectivity index (χ3v) is 8.37. The van der Waals surface area contributed by atoms with Crippen LogP contribution in [0.5, 0.6) is 0 Å². The Morgan fingerprint density at radius 2 is 1.84 bits per heavy atom. The van der Waals surface area contributed by atoms with Crippen LogP contribution in [0.2, 0.25) is 0 Å². The number of hydrogen-bond acceptors (Lipinski definition) is 8. The summed E-state index contributed by atoms with van der Waals surface area (Å²) in [6.45, 7) is 7.39. The lowest BCUT2D eigenvalue weighted by atomic mass is 10.1. The lowest BCUT2D eigenvalue weighted by molar-refractivity contribution is 0.158. The number of hydrogen-bond donors (Lipinski definition) is 3. The summed E-state index contributed by atoms with van der Waals surface area (Å²) in [6.07, 6.45) is 4.34. The fourth-order valence-electron chi connectivity index (χ4n) is 6.14. The number of β-amino-alcohol motifs (C(OH)–C–C–N with tert-alkyl or cyclic N) is 1. The number of fused-ring (bicyclic) bond motifs is 1. The van der Waals surface area contributed by atoms with E-state index in [0.29, 0.717) is 32.9 Å². The van der Waals surface area contributed by atoms with Crippen LogP contribution in [-0.4, -0.2) is 93.5 Å². The minimum absolute atomic E-state index is 0.0498. The normalized spacial score (nSPS) is 18.9. The Labute approximate surface area is 249 Å². The number of rotatable bonds is 12. The molecule has 3 N–H and O–H groups in total. The van der Waals surface area contributed by atoms with Crippen LogP contribution in [0, 0.1) is 18.6 Å². The predicted molar refractivity (Wildman–Crippen MR) is 160 cm³/mol. The molecule has 0 saturated carbocycles. The predicted octanol–water partition coefficient (Wildman–Crippen LogP) is 3.16. The standard InChI is InChI=1S/C31H38F2N8O2/c1-21-30(22-12-23-14-38(8-10-42)17-27(23)34-13-22)37-41(24-6-4-3-5-7-24)31(21)36-20-35-28-18-39(9-11-43-2)19-29(28)40-15-25(32)26(33)16-40/h3-7,12-13,15-16,28-29,35-36,42H,8-11,14,17-20H2,1-2H3/t28-,29-/m1/s1. The van der Waals surface area contributed by atoms with Gasteiger partial charge in [-0.15, -0.1) is 0 Å². The number of likely N-dealkylation sites (tertiary alicyclic amines) is 1. The number of ether oxygens (including phenoxy) is 1. The van der Waals surface area contributed by atoms with E-state index in [2.05, 4.69) is 26.5 Å². The van der Waals surface area contributed by atoms with E-state index in [1.807, 2.05) is 48.1 Å². The molecule has 228 valence electrons. The Kier molecular flexibility index (Phi) is 8.82. The summed E-state index contributed by atoms with van der Waals surface area (Å²) < 4.78 is 36.7. The van der Waals surface area contributed by atoms with Crippen molar-refractivity contribution in [2.24, 2.45) is 0 Å². The topological polar surface area (TPSA) is 95.6 Å². The number of benzene rings is 1. The first-order valence-corrected chi connectivity index (χ1v) is 14.6. The van der Waals surface area contributed by atoms with Crippen LogP contribution in [0.1, 0.15) is 22.9 Å². The van der Waals surface area contributed by atoms with Gasteiger partial charge in [0, 0.05) is 82.1 Å². The zero-order valence-electron chi connectivity index (χ0n) is 24.5. The van der Waals surface area contributed by atoms with E-state index >= 15 is 0 Å². The molecule has 4 aromatic rings. The van der Waals surface area contributed by atoms with Crippen LogP contribution in [-0.2, 0) is 17.8 Å². The number of halogens is 2. The molecule has 3 aromatic heterocycles. The van der Waals surface area contributed by atoms with Gasteiger partial charge >= 0.3 is 0 Å². The van der Waals surface area contributed by atoms with Gasteiger partial charge in [-0.2, -0.15) is 5.10 Å². The van der Waals surface area contributed by atoms with Crippen LogP contribution in [0.15, 0.2) is 55.0 Å². The molecule has 12 heteroatoms. The van der Waals surface area contributed by atoms with Crippen molar-refractivity contribution in [1.82, 2.24) is 34.4 Å².